The van der Waals surface area contributed by atoms with Crippen molar-refractivity contribution >= 4 is 28.9 Å². The van der Waals surface area contributed by atoms with E-state index < -0.39 is 0 Å². The summed E-state index contributed by atoms with van der Waals surface area (Å²) in [4.78, 5) is 19.9. The second kappa shape index (κ2) is 7.42. The third kappa shape index (κ3) is 3.72. The van der Waals surface area contributed by atoms with Gasteiger partial charge in [0.1, 0.15) is 11.6 Å². The van der Waals surface area contributed by atoms with E-state index >= 15 is 0 Å². The van der Waals surface area contributed by atoms with Gasteiger partial charge in [0.25, 0.3) is 0 Å². The van der Waals surface area contributed by atoms with Gasteiger partial charge in [-0.05, 0) is 24.3 Å². The molecule has 0 aliphatic rings. The number of thiazole rings is 1. The van der Waals surface area contributed by atoms with Crippen molar-refractivity contribution in [3.05, 3.63) is 64.4 Å². The van der Waals surface area contributed by atoms with Crippen LogP contribution in [0.25, 0.3) is 10.6 Å². The van der Waals surface area contributed by atoms with E-state index in [1.165, 1.54) is 18.4 Å². The molecule has 24 heavy (non-hydrogen) atoms. The summed E-state index contributed by atoms with van der Waals surface area (Å²) in [5, 5.41) is 3.10. The molecule has 3 rings (SSSR count). The molecule has 2 heterocycles. The third-order valence-corrected chi connectivity index (χ3v) is 4.43. The molecule has 0 unspecified atom stereocenters. The van der Waals surface area contributed by atoms with Crippen LogP contribution in [0.15, 0.2) is 48.0 Å². The van der Waals surface area contributed by atoms with Crippen molar-refractivity contribution in [2.45, 2.75) is 6.61 Å². The molecule has 0 atom stereocenters. The van der Waals surface area contributed by atoms with Gasteiger partial charge in [-0.15, -0.1) is 11.3 Å². The molecule has 0 fully saturated rings. The zero-order chi connectivity index (χ0) is 16.9. The van der Waals surface area contributed by atoms with Crippen LogP contribution in [0.2, 0.25) is 5.15 Å². The zero-order valence-electron chi connectivity index (χ0n) is 12.7. The second-order valence-electron chi connectivity index (χ2n) is 4.79. The Hall–Kier alpha value is -2.44. The minimum atomic E-state index is -0.358. The molecule has 1 aromatic carbocycles. The minimum Gasteiger partial charge on any atom is -0.484 e. The van der Waals surface area contributed by atoms with E-state index in [0.717, 1.165) is 16.3 Å². The average Bonchev–Trinajstić information content (AvgIpc) is 3.09. The maximum Gasteiger partial charge on any atom is 0.337 e. The lowest BCUT2D eigenvalue weighted by molar-refractivity contribution is 0.0601. The fourth-order valence-corrected chi connectivity index (χ4v) is 2.99. The summed E-state index contributed by atoms with van der Waals surface area (Å²) in [7, 11) is 1.36. The topological polar surface area (TPSA) is 61.3 Å². The molecular formula is C17H13ClN2O3S. The molecule has 7 heteroatoms. The Balaban J connectivity index is 1.69. The van der Waals surface area contributed by atoms with Gasteiger partial charge in [0, 0.05) is 17.1 Å². The van der Waals surface area contributed by atoms with Crippen LogP contribution >= 0.6 is 22.9 Å². The number of benzene rings is 1. The van der Waals surface area contributed by atoms with Gasteiger partial charge in [-0.2, -0.15) is 0 Å². The number of halogens is 1. The Morgan fingerprint density at radius 3 is 2.75 bits per heavy atom. The molecule has 0 amide bonds. The van der Waals surface area contributed by atoms with Gasteiger partial charge in [0.05, 0.1) is 18.4 Å². The Morgan fingerprint density at radius 1 is 1.25 bits per heavy atom. The van der Waals surface area contributed by atoms with E-state index in [9.17, 15) is 4.79 Å². The van der Waals surface area contributed by atoms with Crippen LogP contribution in [0, 0.1) is 0 Å². The summed E-state index contributed by atoms with van der Waals surface area (Å²) < 4.78 is 10.3. The van der Waals surface area contributed by atoms with Gasteiger partial charge in [-0.3, -0.25) is 0 Å². The molecule has 2 aromatic heterocycles. The number of carbonyl (C=O) groups is 1. The van der Waals surface area contributed by atoms with Crippen molar-refractivity contribution in [1.82, 2.24) is 9.97 Å². The highest BCUT2D eigenvalue weighted by Gasteiger charge is 2.09. The predicted octanol–water partition coefficient (Wildman–Crippen LogP) is 4.22. The molecule has 5 nitrogen and oxygen atoms in total. The Kier molecular flexibility index (Phi) is 5.08. The van der Waals surface area contributed by atoms with Gasteiger partial charge < -0.3 is 9.47 Å². The standard InChI is InChI=1S/C17H13ClN2O3S/c1-22-17(21)12-6-4-11(5-7-12)16-20-13(10-24-16)9-23-14-3-2-8-19-15(14)18/h2-8,10H,9H2,1H3. The first-order chi connectivity index (χ1) is 11.7. The normalized spacial score (nSPS) is 10.4. The minimum absolute atomic E-state index is 0.308. The lowest BCUT2D eigenvalue weighted by Crippen LogP contribution is -2.00. The van der Waals surface area contributed by atoms with Crippen LogP contribution < -0.4 is 4.74 Å². The summed E-state index contributed by atoms with van der Waals surface area (Å²) in [5.74, 6) is 0.166. The van der Waals surface area contributed by atoms with Crippen LogP contribution in [0.1, 0.15) is 16.1 Å². The maximum atomic E-state index is 11.4. The highest BCUT2D eigenvalue weighted by Crippen LogP contribution is 2.26. The molecule has 0 N–H and O–H groups in total. The van der Waals surface area contributed by atoms with E-state index in [0.29, 0.717) is 23.1 Å². The molecule has 122 valence electrons. The quantitative estimate of drug-likeness (QED) is 0.503. The van der Waals surface area contributed by atoms with E-state index in [-0.39, 0.29) is 5.97 Å². The summed E-state index contributed by atoms with van der Waals surface area (Å²) in [5.41, 5.74) is 2.23. The van der Waals surface area contributed by atoms with Crippen LogP contribution in [0.5, 0.6) is 5.75 Å². The first-order valence-corrected chi connectivity index (χ1v) is 8.29. The van der Waals surface area contributed by atoms with Crippen molar-refractivity contribution in [1.29, 1.82) is 0 Å². The summed E-state index contributed by atoms with van der Waals surface area (Å²) in [6.07, 6.45) is 1.61. The summed E-state index contributed by atoms with van der Waals surface area (Å²) in [6.45, 7) is 0.308. The first kappa shape index (κ1) is 16.4. The molecular weight excluding hydrogens is 348 g/mol. The van der Waals surface area contributed by atoms with Crippen LogP contribution in [-0.4, -0.2) is 23.0 Å². The third-order valence-electron chi connectivity index (χ3n) is 3.21. The smallest absolute Gasteiger partial charge is 0.337 e. The summed E-state index contributed by atoms with van der Waals surface area (Å²) >= 11 is 7.46. The first-order valence-electron chi connectivity index (χ1n) is 7.04. The fraction of sp³-hybridized carbons (Fsp3) is 0.118. The van der Waals surface area contributed by atoms with Crippen molar-refractivity contribution in [2.24, 2.45) is 0 Å². The number of ether oxygens (including phenoxy) is 2. The average molecular weight is 361 g/mol. The lowest BCUT2D eigenvalue weighted by atomic mass is 10.1. The molecule has 0 bridgehead atoms. The van der Waals surface area contributed by atoms with E-state index in [2.05, 4.69) is 14.7 Å². The van der Waals surface area contributed by atoms with Gasteiger partial charge >= 0.3 is 5.97 Å². The van der Waals surface area contributed by atoms with Gasteiger partial charge in [-0.1, -0.05) is 23.7 Å². The number of nitrogens with zero attached hydrogens (tertiary/aromatic N) is 2. The van der Waals surface area contributed by atoms with Gasteiger partial charge in [-0.25, -0.2) is 14.8 Å². The van der Waals surface area contributed by atoms with Crippen LogP contribution in [-0.2, 0) is 11.3 Å². The van der Waals surface area contributed by atoms with E-state index in [1.54, 1.807) is 30.5 Å². The largest absolute Gasteiger partial charge is 0.484 e. The highest BCUT2D eigenvalue weighted by molar-refractivity contribution is 7.13. The van der Waals surface area contributed by atoms with E-state index in [4.69, 9.17) is 16.3 Å². The van der Waals surface area contributed by atoms with Crippen LogP contribution in [0.4, 0.5) is 0 Å². The molecule has 3 aromatic rings. The molecule has 0 spiro atoms. The summed E-state index contributed by atoms with van der Waals surface area (Å²) in [6, 6.07) is 10.6. The monoisotopic (exact) mass is 360 g/mol. The Morgan fingerprint density at radius 2 is 2.04 bits per heavy atom. The second-order valence-corrected chi connectivity index (χ2v) is 6.01. The molecule has 0 saturated heterocycles. The highest BCUT2D eigenvalue weighted by atomic mass is 35.5. The number of rotatable bonds is 5. The number of carbonyl (C=O) groups excluding carboxylic acids is 1. The van der Waals surface area contributed by atoms with Gasteiger partial charge in [0.2, 0.25) is 0 Å². The van der Waals surface area contributed by atoms with Crippen LogP contribution in [0.3, 0.4) is 0 Å². The number of methoxy groups -OCH3 is 1. The number of hydrogen-bond donors (Lipinski definition) is 0. The lowest BCUT2D eigenvalue weighted by Gasteiger charge is -2.04. The number of esters is 1. The van der Waals surface area contributed by atoms with Crippen molar-refractivity contribution in [2.75, 3.05) is 7.11 Å². The van der Waals surface area contributed by atoms with Crippen molar-refractivity contribution in [3.63, 3.8) is 0 Å². The zero-order valence-corrected chi connectivity index (χ0v) is 14.3. The van der Waals surface area contributed by atoms with E-state index in [1.807, 2.05) is 17.5 Å². The molecule has 0 aliphatic heterocycles. The maximum absolute atomic E-state index is 11.4. The van der Waals surface area contributed by atoms with Crippen molar-refractivity contribution < 1.29 is 14.3 Å². The predicted molar refractivity (Wildman–Crippen MR) is 92.5 cm³/mol. The number of hydrogen-bond acceptors (Lipinski definition) is 6. The molecule has 0 saturated carbocycles. The van der Waals surface area contributed by atoms with Gasteiger partial charge in [0.15, 0.2) is 10.9 Å². The SMILES string of the molecule is COC(=O)c1ccc(-c2nc(COc3cccnc3Cl)cs2)cc1. The number of aromatic nitrogens is 2. The Labute approximate surface area is 147 Å². The molecule has 0 radical (unpaired) electrons. The van der Waals surface area contributed by atoms with Crippen molar-refractivity contribution in [3.8, 4) is 16.3 Å². The Bertz CT molecular complexity index is 849. The number of pyridine rings is 1. The molecule has 0 aliphatic carbocycles. The fourth-order valence-electron chi connectivity index (χ4n) is 2.00.